The molecule has 0 amide bonds. The van der Waals surface area contributed by atoms with Crippen molar-refractivity contribution in [3.63, 3.8) is 0 Å². The smallest absolute Gasteiger partial charge is 0.255 e. The molecule has 1 N–H and O–H groups in total. The van der Waals surface area contributed by atoms with Gasteiger partial charge in [-0.3, -0.25) is 4.79 Å². The van der Waals surface area contributed by atoms with Crippen molar-refractivity contribution in [1.29, 1.82) is 0 Å². The summed E-state index contributed by atoms with van der Waals surface area (Å²) in [6.07, 6.45) is 2.28. The Morgan fingerprint density at radius 3 is 2.77 bits per heavy atom. The van der Waals surface area contributed by atoms with Crippen LogP contribution in [0.1, 0.15) is 25.3 Å². The molecular formula is C18H24N2O2. The molecule has 0 radical (unpaired) electrons. The minimum absolute atomic E-state index is 0.0457. The molecule has 4 nitrogen and oxygen atoms in total. The summed E-state index contributed by atoms with van der Waals surface area (Å²) in [4.78, 5) is 12.5. The fourth-order valence-electron chi connectivity index (χ4n) is 2.42. The van der Waals surface area contributed by atoms with Gasteiger partial charge in [-0.05, 0) is 31.2 Å². The molecule has 1 heterocycles. The van der Waals surface area contributed by atoms with Gasteiger partial charge in [-0.25, -0.2) is 0 Å². The van der Waals surface area contributed by atoms with Crippen LogP contribution in [0.2, 0.25) is 0 Å². The fraction of sp³-hybridized carbons (Fsp3) is 0.389. The van der Waals surface area contributed by atoms with E-state index in [2.05, 4.69) is 12.2 Å². The molecule has 0 atom stereocenters. The summed E-state index contributed by atoms with van der Waals surface area (Å²) < 4.78 is 6.95. The summed E-state index contributed by atoms with van der Waals surface area (Å²) in [5.41, 5.74) is 2.71. The zero-order chi connectivity index (χ0) is 15.9. The maximum absolute atomic E-state index is 12.5. The van der Waals surface area contributed by atoms with Crippen LogP contribution in [0.4, 0.5) is 0 Å². The summed E-state index contributed by atoms with van der Waals surface area (Å²) in [6, 6.07) is 11.7. The molecule has 0 saturated heterocycles. The number of unbranched alkanes of at least 4 members (excludes halogenated alkanes) is 1. The lowest BCUT2D eigenvalue weighted by Gasteiger charge is -2.12. The fourth-order valence-corrected chi connectivity index (χ4v) is 2.42. The molecule has 2 aromatic rings. The van der Waals surface area contributed by atoms with Crippen LogP contribution in [-0.2, 0) is 13.6 Å². The van der Waals surface area contributed by atoms with E-state index in [1.807, 2.05) is 43.4 Å². The first-order chi connectivity index (χ1) is 10.7. The molecule has 0 fully saturated rings. The Labute approximate surface area is 131 Å². The highest BCUT2D eigenvalue weighted by Gasteiger charge is 2.08. The second-order valence-electron chi connectivity index (χ2n) is 5.37. The van der Waals surface area contributed by atoms with Crippen LogP contribution in [-0.4, -0.2) is 18.2 Å². The predicted molar refractivity (Wildman–Crippen MR) is 90.3 cm³/mol. The van der Waals surface area contributed by atoms with Gasteiger partial charge in [0.15, 0.2) is 0 Å². The zero-order valence-electron chi connectivity index (χ0n) is 13.6. The molecule has 1 aromatic carbocycles. The lowest BCUT2D eigenvalue weighted by Crippen LogP contribution is -2.26. The summed E-state index contributed by atoms with van der Waals surface area (Å²) in [5, 5.41) is 3.31. The molecule has 118 valence electrons. The van der Waals surface area contributed by atoms with E-state index in [9.17, 15) is 4.79 Å². The molecule has 4 heteroatoms. The van der Waals surface area contributed by atoms with Crippen molar-refractivity contribution in [1.82, 2.24) is 9.88 Å². The number of methoxy groups -OCH3 is 1. The van der Waals surface area contributed by atoms with Crippen molar-refractivity contribution < 1.29 is 4.74 Å². The Morgan fingerprint density at radius 1 is 1.23 bits per heavy atom. The van der Waals surface area contributed by atoms with Gasteiger partial charge in [0.1, 0.15) is 5.75 Å². The van der Waals surface area contributed by atoms with Crippen LogP contribution in [0.3, 0.4) is 0 Å². The minimum atomic E-state index is 0.0457. The van der Waals surface area contributed by atoms with Crippen molar-refractivity contribution >= 4 is 0 Å². The first-order valence-corrected chi connectivity index (χ1v) is 7.71. The standard InChI is InChI=1S/C18H24N2O2/c1-4-5-11-19-13-15-9-10-17(20(2)18(15)21)14-7-6-8-16(12-14)22-3/h6-10,12,19H,4-5,11,13H2,1-3H3. The molecule has 0 spiro atoms. The maximum Gasteiger partial charge on any atom is 0.255 e. The molecule has 0 aliphatic carbocycles. The molecule has 1 aromatic heterocycles. The summed E-state index contributed by atoms with van der Waals surface area (Å²) in [6.45, 7) is 3.71. The van der Waals surface area contributed by atoms with E-state index in [0.717, 1.165) is 42.0 Å². The molecule has 2 rings (SSSR count). The summed E-state index contributed by atoms with van der Waals surface area (Å²) >= 11 is 0. The van der Waals surface area contributed by atoms with Gasteiger partial charge in [0.05, 0.1) is 12.8 Å². The Balaban J connectivity index is 2.24. The van der Waals surface area contributed by atoms with Gasteiger partial charge in [-0.15, -0.1) is 0 Å². The number of rotatable bonds is 7. The topological polar surface area (TPSA) is 43.3 Å². The van der Waals surface area contributed by atoms with E-state index in [-0.39, 0.29) is 5.56 Å². The van der Waals surface area contributed by atoms with Gasteiger partial charge in [0.25, 0.3) is 5.56 Å². The molecule has 0 aliphatic heterocycles. The Kier molecular flexibility index (Phi) is 5.78. The van der Waals surface area contributed by atoms with Crippen molar-refractivity contribution in [3.05, 3.63) is 52.3 Å². The highest BCUT2D eigenvalue weighted by atomic mass is 16.5. The number of pyridine rings is 1. The second kappa shape index (κ2) is 7.80. The van der Waals surface area contributed by atoms with Crippen molar-refractivity contribution in [3.8, 4) is 17.0 Å². The third-order valence-corrected chi connectivity index (χ3v) is 3.77. The number of nitrogens with zero attached hydrogens (tertiary/aromatic N) is 1. The molecule has 0 bridgehead atoms. The van der Waals surface area contributed by atoms with Crippen molar-refractivity contribution in [2.45, 2.75) is 26.3 Å². The highest BCUT2D eigenvalue weighted by Crippen LogP contribution is 2.22. The van der Waals surface area contributed by atoms with Crippen LogP contribution in [0.15, 0.2) is 41.2 Å². The number of benzene rings is 1. The Morgan fingerprint density at radius 2 is 2.05 bits per heavy atom. The quantitative estimate of drug-likeness (QED) is 0.800. The number of nitrogens with one attached hydrogen (secondary N) is 1. The first kappa shape index (κ1) is 16.3. The Hall–Kier alpha value is -2.07. The zero-order valence-corrected chi connectivity index (χ0v) is 13.6. The van der Waals surface area contributed by atoms with E-state index in [1.165, 1.54) is 0 Å². The normalized spacial score (nSPS) is 10.7. The van der Waals surface area contributed by atoms with E-state index in [4.69, 9.17) is 4.74 Å². The van der Waals surface area contributed by atoms with Crippen LogP contribution in [0.5, 0.6) is 5.75 Å². The van der Waals surface area contributed by atoms with Crippen LogP contribution >= 0.6 is 0 Å². The first-order valence-electron chi connectivity index (χ1n) is 7.71. The third kappa shape index (κ3) is 3.77. The SMILES string of the molecule is CCCCNCc1ccc(-c2cccc(OC)c2)n(C)c1=O. The maximum atomic E-state index is 12.5. The van der Waals surface area contributed by atoms with Gasteiger partial charge in [-0.2, -0.15) is 0 Å². The largest absolute Gasteiger partial charge is 0.497 e. The van der Waals surface area contributed by atoms with E-state index >= 15 is 0 Å². The average Bonchev–Trinajstić information content (AvgIpc) is 2.55. The Bertz CT molecular complexity index is 677. The summed E-state index contributed by atoms with van der Waals surface area (Å²) in [7, 11) is 3.45. The molecule has 0 unspecified atom stereocenters. The van der Waals surface area contributed by atoms with Gasteiger partial charge in [0.2, 0.25) is 0 Å². The van der Waals surface area contributed by atoms with E-state index < -0.39 is 0 Å². The van der Waals surface area contributed by atoms with Crippen LogP contribution < -0.4 is 15.6 Å². The van der Waals surface area contributed by atoms with Gasteiger partial charge >= 0.3 is 0 Å². The van der Waals surface area contributed by atoms with Gasteiger partial charge in [-0.1, -0.05) is 31.5 Å². The van der Waals surface area contributed by atoms with Crippen LogP contribution in [0, 0.1) is 0 Å². The number of hydrogen-bond donors (Lipinski definition) is 1. The van der Waals surface area contributed by atoms with E-state index in [0.29, 0.717) is 6.54 Å². The number of aromatic nitrogens is 1. The minimum Gasteiger partial charge on any atom is -0.497 e. The lowest BCUT2D eigenvalue weighted by molar-refractivity contribution is 0.415. The molecule has 0 aliphatic rings. The van der Waals surface area contributed by atoms with E-state index in [1.54, 1.807) is 11.7 Å². The number of ether oxygens (including phenoxy) is 1. The van der Waals surface area contributed by atoms with Crippen molar-refractivity contribution in [2.75, 3.05) is 13.7 Å². The predicted octanol–water partition coefficient (Wildman–Crippen LogP) is 2.95. The van der Waals surface area contributed by atoms with Crippen molar-refractivity contribution in [2.24, 2.45) is 7.05 Å². The summed E-state index contributed by atoms with van der Waals surface area (Å²) in [5.74, 6) is 0.787. The molecule has 22 heavy (non-hydrogen) atoms. The van der Waals surface area contributed by atoms with Gasteiger partial charge < -0.3 is 14.6 Å². The molecule has 0 saturated carbocycles. The number of hydrogen-bond acceptors (Lipinski definition) is 3. The molecular weight excluding hydrogens is 276 g/mol. The second-order valence-corrected chi connectivity index (χ2v) is 5.37. The van der Waals surface area contributed by atoms with Gasteiger partial charge in [0, 0.05) is 24.7 Å². The third-order valence-electron chi connectivity index (χ3n) is 3.77. The van der Waals surface area contributed by atoms with Crippen LogP contribution in [0.25, 0.3) is 11.3 Å². The average molecular weight is 300 g/mol. The lowest BCUT2D eigenvalue weighted by atomic mass is 10.1. The highest BCUT2D eigenvalue weighted by molar-refractivity contribution is 5.61. The monoisotopic (exact) mass is 300 g/mol.